The van der Waals surface area contributed by atoms with Crippen molar-refractivity contribution in [1.29, 1.82) is 0 Å². The molecule has 2 aromatic rings. The Morgan fingerprint density at radius 3 is 2.67 bits per heavy atom. The van der Waals surface area contributed by atoms with Gasteiger partial charge in [-0.05, 0) is 43.7 Å². The van der Waals surface area contributed by atoms with Gasteiger partial charge in [0.25, 0.3) is 11.5 Å². The number of aromatic amines is 1. The minimum Gasteiger partial charge on any atom is -0.345 e. The zero-order valence-electron chi connectivity index (χ0n) is 11.5. The number of aromatic nitrogens is 1. The Labute approximate surface area is 126 Å². The van der Waals surface area contributed by atoms with Crippen molar-refractivity contribution in [3.63, 3.8) is 0 Å². The van der Waals surface area contributed by atoms with Crippen molar-refractivity contribution in [2.45, 2.75) is 19.9 Å². The molecule has 0 unspecified atom stereocenters. The second-order valence-corrected chi connectivity index (χ2v) is 5.16. The highest BCUT2D eigenvalue weighted by Gasteiger charge is 2.15. The third-order valence-electron chi connectivity index (χ3n) is 3.09. The largest absolute Gasteiger partial charge is 0.345 e. The van der Waals surface area contributed by atoms with Crippen molar-refractivity contribution >= 4 is 17.5 Å². The van der Waals surface area contributed by atoms with E-state index in [0.717, 1.165) is 0 Å². The third-order valence-corrected chi connectivity index (χ3v) is 3.38. The second-order valence-electron chi connectivity index (χ2n) is 4.75. The lowest BCUT2D eigenvalue weighted by Crippen LogP contribution is -2.31. The number of rotatable bonds is 3. The van der Waals surface area contributed by atoms with Gasteiger partial charge >= 0.3 is 0 Å². The first-order chi connectivity index (χ1) is 9.88. The topological polar surface area (TPSA) is 62.0 Å². The van der Waals surface area contributed by atoms with Gasteiger partial charge in [-0.3, -0.25) is 9.59 Å². The summed E-state index contributed by atoms with van der Waals surface area (Å²) in [6, 6.07) is 6.92. The predicted molar refractivity (Wildman–Crippen MR) is 79.1 cm³/mol. The highest BCUT2D eigenvalue weighted by Crippen LogP contribution is 2.20. The molecule has 1 amide bonds. The molecule has 4 nitrogen and oxygen atoms in total. The van der Waals surface area contributed by atoms with Crippen LogP contribution in [-0.2, 0) is 0 Å². The maximum Gasteiger partial charge on any atom is 0.260 e. The molecular weight excluding hydrogens is 295 g/mol. The fraction of sp³-hybridized carbons (Fsp3) is 0.200. The van der Waals surface area contributed by atoms with Crippen LogP contribution in [0, 0.1) is 12.7 Å². The Morgan fingerprint density at radius 2 is 2.05 bits per heavy atom. The van der Waals surface area contributed by atoms with Crippen LogP contribution < -0.4 is 10.9 Å². The number of hydrogen-bond acceptors (Lipinski definition) is 2. The van der Waals surface area contributed by atoms with Gasteiger partial charge in [-0.1, -0.05) is 17.7 Å². The number of amides is 1. The average Bonchev–Trinajstić information content (AvgIpc) is 2.41. The average molecular weight is 309 g/mol. The number of benzene rings is 1. The number of pyridine rings is 1. The first kappa shape index (κ1) is 15.3. The molecule has 2 rings (SSSR count). The van der Waals surface area contributed by atoms with Crippen molar-refractivity contribution in [1.82, 2.24) is 10.3 Å². The second kappa shape index (κ2) is 6.10. The molecule has 2 N–H and O–H groups in total. The van der Waals surface area contributed by atoms with Crippen LogP contribution in [0.15, 0.2) is 35.1 Å². The number of halogens is 2. The summed E-state index contributed by atoms with van der Waals surface area (Å²) in [6.07, 6.45) is 0. The van der Waals surface area contributed by atoms with Gasteiger partial charge in [0, 0.05) is 5.69 Å². The SMILES string of the molecule is Cc1ccc(C(=O)N[C@H](C)c2ccc(F)c(Cl)c2)c(=O)[nH]1. The molecule has 1 heterocycles. The van der Waals surface area contributed by atoms with Crippen LogP contribution in [0.5, 0.6) is 0 Å². The molecule has 0 aliphatic rings. The molecule has 0 bridgehead atoms. The molecular formula is C15H14ClFN2O2. The van der Waals surface area contributed by atoms with E-state index in [1.54, 1.807) is 19.9 Å². The molecule has 1 atom stereocenters. The smallest absolute Gasteiger partial charge is 0.260 e. The van der Waals surface area contributed by atoms with Gasteiger partial charge in [-0.15, -0.1) is 0 Å². The van der Waals surface area contributed by atoms with E-state index in [9.17, 15) is 14.0 Å². The van der Waals surface area contributed by atoms with E-state index in [1.165, 1.54) is 24.3 Å². The minimum atomic E-state index is -0.520. The highest BCUT2D eigenvalue weighted by molar-refractivity contribution is 6.30. The molecule has 0 radical (unpaired) electrons. The quantitative estimate of drug-likeness (QED) is 0.915. The standard InChI is InChI=1S/C15H14ClFN2O2/c1-8-3-5-11(14(20)18-8)15(21)19-9(2)10-4-6-13(17)12(16)7-10/h3-7,9H,1-2H3,(H,18,20)(H,19,21)/t9-/m1/s1. The van der Waals surface area contributed by atoms with Gasteiger partial charge in [0.15, 0.2) is 0 Å². The summed E-state index contributed by atoms with van der Waals surface area (Å²) in [5.74, 6) is -1.02. The van der Waals surface area contributed by atoms with Crippen molar-refractivity contribution in [3.05, 3.63) is 68.3 Å². The van der Waals surface area contributed by atoms with E-state index in [0.29, 0.717) is 11.3 Å². The van der Waals surface area contributed by atoms with Crippen LogP contribution in [0.25, 0.3) is 0 Å². The molecule has 0 saturated heterocycles. The predicted octanol–water partition coefficient (Wildman–Crippen LogP) is 2.97. The molecule has 0 fully saturated rings. The molecule has 0 aliphatic heterocycles. The Balaban J connectivity index is 2.18. The number of carbonyl (C=O) groups excluding carboxylic acids is 1. The maximum absolute atomic E-state index is 13.1. The van der Waals surface area contributed by atoms with E-state index in [-0.39, 0.29) is 10.6 Å². The molecule has 0 aliphatic carbocycles. The van der Waals surface area contributed by atoms with Crippen LogP contribution in [-0.4, -0.2) is 10.9 Å². The lowest BCUT2D eigenvalue weighted by atomic mass is 10.1. The van der Waals surface area contributed by atoms with Crippen LogP contribution >= 0.6 is 11.6 Å². The summed E-state index contributed by atoms with van der Waals surface area (Å²) in [7, 11) is 0. The van der Waals surface area contributed by atoms with E-state index in [1.807, 2.05) is 0 Å². The van der Waals surface area contributed by atoms with Crippen LogP contribution in [0.4, 0.5) is 4.39 Å². The van der Waals surface area contributed by atoms with Gasteiger partial charge < -0.3 is 10.3 Å². The number of aryl methyl sites for hydroxylation is 1. The zero-order valence-corrected chi connectivity index (χ0v) is 12.3. The monoisotopic (exact) mass is 308 g/mol. The van der Waals surface area contributed by atoms with E-state index >= 15 is 0 Å². The minimum absolute atomic E-state index is 0.0122. The normalized spacial score (nSPS) is 12.0. The number of carbonyl (C=O) groups is 1. The molecule has 6 heteroatoms. The van der Waals surface area contributed by atoms with Crippen LogP contribution in [0.2, 0.25) is 5.02 Å². The van der Waals surface area contributed by atoms with Crippen molar-refractivity contribution in [2.24, 2.45) is 0 Å². The van der Waals surface area contributed by atoms with Crippen molar-refractivity contribution < 1.29 is 9.18 Å². The molecule has 1 aromatic heterocycles. The summed E-state index contributed by atoms with van der Waals surface area (Å²) in [4.78, 5) is 26.3. The van der Waals surface area contributed by atoms with Crippen LogP contribution in [0.3, 0.4) is 0 Å². The van der Waals surface area contributed by atoms with E-state index in [4.69, 9.17) is 11.6 Å². The maximum atomic E-state index is 13.1. The fourth-order valence-electron chi connectivity index (χ4n) is 1.89. The van der Waals surface area contributed by atoms with Crippen molar-refractivity contribution in [3.8, 4) is 0 Å². The molecule has 1 aromatic carbocycles. The number of nitrogens with one attached hydrogen (secondary N) is 2. The molecule has 110 valence electrons. The fourth-order valence-corrected chi connectivity index (χ4v) is 2.08. The van der Waals surface area contributed by atoms with E-state index < -0.39 is 23.3 Å². The van der Waals surface area contributed by atoms with Crippen LogP contribution in [0.1, 0.15) is 34.6 Å². The lowest BCUT2D eigenvalue weighted by Gasteiger charge is -2.14. The zero-order chi connectivity index (χ0) is 15.6. The molecule has 0 saturated carbocycles. The Kier molecular flexibility index (Phi) is 4.43. The van der Waals surface area contributed by atoms with Gasteiger partial charge in [0.05, 0.1) is 11.1 Å². The number of H-pyrrole nitrogens is 1. The van der Waals surface area contributed by atoms with E-state index in [2.05, 4.69) is 10.3 Å². The molecule has 0 spiro atoms. The molecule has 21 heavy (non-hydrogen) atoms. The first-order valence-electron chi connectivity index (χ1n) is 6.34. The Morgan fingerprint density at radius 1 is 1.33 bits per heavy atom. The Hall–Kier alpha value is -2.14. The summed E-state index contributed by atoms with van der Waals surface area (Å²) in [6.45, 7) is 3.45. The Bertz CT molecular complexity index is 743. The summed E-state index contributed by atoms with van der Waals surface area (Å²) >= 11 is 5.71. The van der Waals surface area contributed by atoms with Gasteiger partial charge in [0.1, 0.15) is 11.4 Å². The summed E-state index contributed by atoms with van der Waals surface area (Å²) < 4.78 is 13.1. The van der Waals surface area contributed by atoms with Gasteiger partial charge in [-0.2, -0.15) is 0 Å². The highest BCUT2D eigenvalue weighted by atomic mass is 35.5. The first-order valence-corrected chi connectivity index (χ1v) is 6.72. The number of hydrogen-bond donors (Lipinski definition) is 2. The lowest BCUT2D eigenvalue weighted by molar-refractivity contribution is 0.0938. The van der Waals surface area contributed by atoms with Gasteiger partial charge in [0.2, 0.25) is 0 Å². The summed E-state index contributed by atoms with van der Waals surface area (Å²) in [5.41, 5.74) is 0.908. The van der Waals surface area contributed by atoms with Crippen molar-refractivity contribution in [2.75, 3.05) is 0 Å². The summed E-state index contributed by atoms with van der Waals surface area (Å²) in [5, 5.41) is 2.67. The third kappa shape index (κ3) is 3.49. The van der Waals surface area contributed by atoms with Gasteiger partial charge in [-0.25, -0.2) is 4.39 Å².